The summed E-state index contributed by atoms with van der Waals surface area (Å²) in [5.74, 6) is -1.57. The number of halogens is 3. The third-order valence-corrected chi connectivity index (χ3v) is 4.75. The predicted molar refractivity (Wildman–Crippen MR) is 74.0 cm³/mol. The van der Waals surface area contributed by atoms with E-state index in [2.05, 4.69) is 13.8 Å². The largest absolute Gasteiger partial charge is 0.324 e. The highest BCUT2D eigenvalue weighted by atomic mass is 35.5. The molecule has 2 unspecified atom stereocenters. The lowest BCUT2D eigenvalue weighted by Gasteiger charge is -2.42. The van der Waals surface area contributed by atoms with Crippen molar-refractivity contribution in [3.05, 3.63) is 34.4 Å². The molecule has 4 heteroatoms. The average Bonchev–Trinajstić information content (AvgIpc) is 2.32. The Labute approximate surface area is 118 Å². The Morgan fingerprint density at radius 3 is 2.53 bits per heavy atom. The van der Waals surface area contributed by atoms with Gasteiger partial charge in [-0.3, -0.25) is 0 Å². The van der Waals surface area contributed by atoms with E-state index < -0.39 is 11.6 Å². The first-order valence-electron chi connectivity index (χ1n) is 6.73. The molecule has 1 aliphatic carbocycles. The molecule has 2 N–H and O–H groups in total. The zero-order valence-corrected chi connectivity index (χ0v) is 12.1. The molecule has 0 heterocycles. The molecule has 0 saturated heterocycles. The van der Waals surface area contributed by atoms with Crippen molar-refractivity contribution in [2.45, 2.75) is 45.6 Å². The summed E-state index contributed by atoms with van der Waals surface area (Å²) < 4.78 is 26.5. The molecule has 0 aromatic heterocycles. The third kappa shape index (κ3) is 2.92. The molecule has 0 aliphatic heterocycles. The van der Waals surface area contributed by atoms with Crippen LogP contribution in [0.4, 0.5) is 8.78 Å². The molecule has 1 saturated carbocycles. The fourth-order valence-corrected chi connectivity index (χ4v) is 3.47. The Morgan fingerprint density at radius 2 is 1.89 bits per heavy atom. The molecule has 1 fully saturated rings. The molecular formula is C15H20ClF2N. The molecule has 1 aromatic rings. The van der Waals surface area contributed by atoms with E-state index in [4.69, 9.17) is 17.3 Å². The maximum Gasteiger partial charge on any atom is 0.160 e. The van der Waals surface area contributed by atoms with E-state index in [1.54, 1.807) is 0 Å². The zero-order valence-electron chi connectivity index (χ0n) is 11.3. The molecule has 0 radical (unpaired) electrons. The van der Waals surface area contributed by atoms with Crippen molar-refractivity contribution in [1.82, 2.24) is 0 Å². The van der Waals surface area contributed by atoms with Crippen LogP contribution in [0.1, 0.15) is 51.1 Å². The van der Waals surface area contributed by atoms with Gasteiger partial charge >= 0.3 is 0 Å². The van der Waals surface area contributed by atoms with E-state index in [1.165, 1.54) is 6.42 Å². The van der Waals surface area contributed by atoms with Gasteiger partial charge in [0.1, 0.15) is 0 Å². The van der Waals surface area contributed by atoms with Gasteiger partial charge in [-0.25, -0.2) is 8.78 Å². The molecule has 1 nitrogen and oxygen atoms in total. The normalized spacial score (nSPS) is 24.2. The van der Waals surface area contributed by atoms with Crippen LogP contribution in [0, 0.1) is 23.0 Å². The van der Waals surface area contributed by atoms with Crippen molar-refractivity contribution in [3.63, 3.8) is 0 Å². The van der Waals surface area contributed by atoms with E-state index in [0.717, 1.165) is 31.4 Å². The number of benzene rings is 1. The lowest BCUT2D eigenvalue weighted by molar-refractivity contribution is 0.112. The molecule has 19 heavy (non-hydrogen) atoms. The summed E-state index contributed by atoms with van der Waals surface area (Å²) >= 11 is 6.02. The van der Waals surface area contributed by atoms with Crippen LogP contribution in [-0.4, -0.2) is 0 Å². The Hall–Kier alpha value is -0.670. The minimum absolute atomic E-state index is 0.103. The molecule has 1 aliphatic rings. The third-order valence-electron chi connectivity index (χ3n) is 4.42. The molecule has 1 aromatic carbocycles. The van der Waals surface area contributed by atoms with E-state index in [-0.39, 0.29) is 22.4 Å². The Kier molecular flexibility index (Phi) is 4.17. The van der Waals surface area contributed by atoms with Crippen LogP contribution in [0.25, 0.3) is 0 Å². The molecule has 106 valence electrons. The Morgan fingerprint density at radius 1 is 1.26 bits per heavy atom. The molecule has 2 rings (SSSR count). The van der Waals surface area contributed by atoms with Gasteiger partial charge < -0.3 is 5.73 Å². The average molecular weight is 288 g/mol. The van der Waals surface area contributed by atoms with Crippen molar-refractivity contribution in [2.75, 3.05) is 0 Å². The van der Waals surface area contributed by atoms with Crippen LogP contribution in [0.5, 0.6) is 0 Å². The van der Waals surface area contributed by atoms with Gasteiger partial charge in [0, 0.05) is 11.1 Å². The Bertz CT molecular complexity index is 473. The van der Waals surface area contributed by atoms with Crippen molar-refractivity contribution >= 4 is 11.6 Å². The van der Waals surface area contributed by atoms with Gasteiger partial charge in [-0.2, -0.15) is 0 Å². The van der Waals surface area contributed by atoms with Crippen LogP contribution >= 0.6 is 11.6 Å². The number of hydrogen-bond donors (Lipinski definition) is 1. The SMILES string of the molecule is CC1(C)CCCCC1C(N)c1cc(F)c(F)cc1Cl. The predicted octanol–water partition coefficient (Wildman–Crippen LogP) is 4.83. The van der Waals surface area contributed by atoms with Crippen LogP contribution in [0.15, 0.2) is 12.1 Å². The summed E-state index contributed by atoms with van der Waals surface area (Å²) in [6.45, 7) is 4.37. The highest BCUT2D eigenvalue weighted by Gasteiger charge is 2.37. The van der Waals surface area contributed by atoms with Gasteiger partial charge in [-0.1, -0.05) is 38.3 Å². The molecule has 0 spiro atoms. The molecular weight excluding hydrogens is 268 g/mol. The van der Waals surface area contributed by atoms with Gasteiger partial charge in [0.2, 0.25) is 0 Å². The van der Waals surface area contributed by atoms with Crippen molar-refractivity contribution < 1.29 is 8.78 Å². The first-order chi connectivity index (χ1) is 8.83. The fraction of sp³-hybridized carbons (Fsp3) is 0.600. The maximum absolute atomic E-state index is 13.4. The topological polar surface area (TPSA) is 26.0 Å². The summed E-state index contributed by atoms with van der Waals surface area (Å²) in [7, 11) is 0. The second-order valence-electron chi connectivity index (χ2n) is 6.15. The van der Waals surface area contributed by atoms with Gasteiger partial charge in [0.25, 0.3) is 0 Å². The summed E-state index contributed by atoms with van der Waals surface area (Å²) in [5, 5.41) is 0.216. The summed E-state index contributed by atoms with van der Waals surface area (Å²) in [6.07, 6.45) is 4.43. The van der Waals surface area contributed by atoms with E-state index in [9.17, 15) is 8.78 Å². The Balaban J connectivity index is 2.33. The number of rotatable bonds is 2. The summed E-state index contributed by atoms with van der Waals surface area (Å²) in [5.41, 5.74) is 6.91. The summed E-state index contributed by atoms with van der Waals surface area (Å²) in [6, 6.07) is 1.81. The smallest absolute Gasteiger partial charge is 0.160 e. The monoisotopic (exact) mass is 287 g/mol. The number of hydrogen-bond acceptors (Lipinski definition) is 1. The van der Waals surface area contributed by atoms with Gasteiger partial charge in [-0.15, -0.1) is 0 Å². The van der Waals surface area contributed by atoms with E-state index in [1.807, 2.05) is 0 Å². The lowest BCUT2D eigenvalue weighted by atomic mass is 9.65. The standard InChI is InChI=1S/C15H20ClF2N/c1-15(2)6-4-3-5-10(15)14(19)9-7-12(17)13(18)8-11(9)16/h7-8,10,14H,3-6,19H2,1-2H3. The minimum atomic E-state index is -0.927. The zero-order chi connectivity index (χ0) is 14.2. The van der Waals surface area contributed by atoms with Crippen molar-refractivity contribution in [1.29, 1.82) is 0 Å². The van der Waals surface area contributed by atoms with Gasteiger partial charge in [0.15, 0.2) is 11.6 Å². The lowest BCUT2D eigenvalue weighted by Crippen LogP contribution is -2.36. The fourth-order valence-electron chi connectivity index (χ4n) is 3.20. The maximum atomic E-state index is 13.4. The van der Waals surface area contributed by atoms with E-state index >= 15 is 0 Å². The first kappa shape index (κ1) is 14.7. The van der Waals surface area contributed by atoms with Crippen LogP contribution < -0.4 is 5.73 Å². The second kappa shape index (κ2) is 5.37. The molecule has 2 atom stereocenters. The quantitative estimate of drug-likeness (QED) is 0.774. The van der Waals surface area contributed by atoms with E-state index in [0.29, 0.717) is 5.56 Å². The van der Waals surface area contributed by atoms with Crippen molar-refractivity contribution in [3.8, 4) is 0 Å². The number of nitrogens with two attached hydrogens (primary N) is 1. The van der Waals surface area contributed by atoms with Crippen molar-refractivity contribution in [2.24, 2.45) is 17.1 Å². The minimum Gasteiger partial charge on any atom is -0.324 e. The summed E-state index contributed by atoms with van der Waals surface area (Å²) in [4.78, 5) is 0. The van der Waals surface area contributed by atoms with Crippen LogP contribution in [0.3, 0.4) is 0 Å². The van der Waals surface area contributed by atoms with Gasteiger partial charge in [-0.05, 0) is 41.9 Å². The van der Waals surface area contributed by atoms with Gasteiger partial charge in [0.05, 0.1) is 0 Å². The molecule has 0 amide bonds. The molecule has 0 bridgehead atoms. The highest BCUT2D eigenvalue weighted by molar-refractivity contribution is 6.31. The van der Waals surface area contributed by atoms with Crippen LogP contribution in [0.2, 0.25) is 5.02 Å². The van der Waals surface area contributed by atoms with Crippen LogP contribution in [-0.2, 0) is 0 Å². The highest BCUT2D eigenvalue weighted by Crippen LogP contribution is 2.46. The second-order valence-corrected chi connectivity index (χ2v) is 6.56. The first-order valence-corrected chi connectivity index (χ1v) is 7.11.